The van der Waals surface area contributed by atoms with Crippen LogP contribution >= 0.6 is 31.9 Å². The van der Waals surface area contributed by atoms with Gasteiger partial charge in [-0.25, -0.2) is 9.18 Å². The molecule has 18 heavy (non-hydrogen) atoms. The predicted octanol–water partition coefficient (Wildman–Crippen LogP) is 3.93. The molecule has 1 aromatic carbocycles. The van der Waals surface area contributed by atoms with Gasteiger partial charge in [-0.2, -0.15) is 0 Å². The summed E-state index contributed by atoms with van der Waals surface area (Å²) in [7, 11) is 1.30. The molecule has 0 aliphatic heterocycles. The van der Waals surface area contributed by atoms with E-state index >= 15 is 0 Å². The maximum atomic E-state index is 13.1. The lowest BCUT2D eigenvalue weighted by Crippen LogP contribution is -2.33. The summed E-state index contributed by atoms with van der Waals surface area (Å²) in [6, 6.07) is 2.55. The van der Waals surface area contributed by atoms with Crippen molar-refractivity contribution in [2.24, 2.45) is 5.92 Å². The van der Waals surface area contributed by atoms with Gasteiger partial charge in [-0.3, -0.25) is 0 Å². The van der Waals surface area contributed by atoms with Crippen LogP contribution in [0, 0.1) is 11.7 Å². The summed E-state index contributed by atoms with van der Waals surface area (Å²) in [6.45, 7) is 3.68. The molecule has 0 aliphatic carbocycles. The SMILES string of the molecule is COC(=O)C(Oc1c(Br)cc(F)cc1Br)C(C)C. The highest BCUT2D eigenvalue weighted by Crippen LogP contribution is 2.35. The molecule has 1 aromatic rings. The van der Waals surface area contributed by atoms with E-state index in [-0.39, 0.29) is 5.92 Å². The second-order valence-corrected chi connectivity index (χ2v) is 5.71. The van der Waals surface area contributed by atoms with Crippen LogP contribution in [0.15, 0.2) is 21.1 Å². The molecular formula is C12H13Br2FO3. The summed E-state index contributed by atoms with van der Waals surface area (Å²) in [4.78, 5) is 11.6. The Morgan fingerprint density at radius 2 is 1.78 bits per heavy atom. The van der Waals surface area contributed by atoms with Crippen LogP contribution in [0.5, 0.6) is 5.75 Å². The molecule has 0 heterocycles. The number of halogens is 3. The molecule has 0 fully saturated rings. The summed E-state index contributed by atoms with van der Waals surface area (Å²) < 4.78 is 24.3. The van der Waals surface area contributed by atoms with Crippen molar-refractivity contribution in [2.45, 2.75) is 20.0 Å². The first kappa shape index (κ1) is 15.4. The molecular weight excluding hydrogens is 371 g/mol. The van der Waals surface area contributed by atoms with Gasteiger partial charge in [-0.05, 0) is 44.0 Å². The zero-order valence-electron chi connectivity index (χ0n) is 10.2. The molecule has 0 spiro atoms. The highest BCUT2D eigenvalue weighted by molar-refractivity contribution is 9.11. The third-order valence-electron chi connectivity index (χ3n) is 2.25. The first-order valence-corrected chi connectivity index (χ1v) is 6.84. The molecule has 0 radical (unpaired) electrons. The number of hydrogen-bond acceptors (Lipinski definition) is 3. The van der Waals surface area contributed by atoms with Gasteiger partial charge >= 0.3 is 5.97 Å². The second-order valence-electron chi connectivity index (χ2n) is 4.00. The quantitative estimate of drug-likeness (QED) is 0.739. The number of methoxy groups -OCH3 is 1. The monoisotopic (exact) mass is 382 g/mol. The Morgan fingerprint density at radius 3 is 2.17 bits per heavy atom. The Morgan fingerprint density at radius 1 is 1.28 bits per heavy atom. The minimum absolute atomic E-state index is 0.0682. The summed E-state index contributed by atoms with van der Waals surface area (Å²) >= 11 is 6.40. The maximum absolute atomic E-state index is 13.1. The highest BCUT2D eigenvalue weighted by Gasteiger charge is 2.27. The van der Waals surface area contributed by atoms with Crippen LogP contribution in [-0.2, 0) is 9.53 Å². The fraction of sp³-hybridized carbons (Fsp3) is 0.417. The molecule has 100 valence electrons. The van der Waals surface area contributed by atoms with Crippen molar-refractivity contribution in [3.05, 3.63) is 26.9 Å². The third-order valence-corrected chi connectivity index (χ3v) is 3.42. The van der Waals surface area contributed by atoms with Gasteiger partial charge < -0.3 is 9.47 Å². The predicted molar refractivity (Wildman–Crippen MR) is 73.1 cm³/mol. The van der Waals surface area contributed by atoms with E-state index in [0.717, 1.165) is 0 Å². The van der Waals surface area contributed by atoms with E-state index in [2.05, 4.69) is 36.6 Å². The molecule has 0 saturated carbocycles. The largest absolute Gasteiger partial charge is 0.476 e. The minimum atomic E-state index is -0.743. The molecule has 0 aromatic heterocycles. The van der Waals surface area contributed by atoms with Gasteiger partial charge in [-0.1, -0.05) is 13.8 Å². The first-order chi connectivity index (χ1) is 8.36. The fourth-order valence-corrected chi connectivity index (χ4v) is 2.66. The fourth-order valence-electron chi connectivity index (χ4n) is 1.34. The molecule has 1 atom stereocenters. The Bertz CT molecular complexity index is 426. The summed E-state index contributed by atoms with van der Waals surface area (Å²) in [6.07, 6.45) is -0.743. The van der Waals surface area contributed by atoms with Gasteiger partial charge in [0.05, 0.1) is 16.1 Å². The standard InChI is InChI=1S/C12H13Br2FO3/c1-6(2)10(12(16)17-3)18-11-8(13)4-7(15)5-9(11)14/h4-6,10H,1-3H3. The van der Waals surface area contributed by atoms with Gasteiger partial charge in [0.1, 0.15) is 11.6 Å². The summed E-state index contributed by atoms with van der Waals surface area (Å²) in [5, 5.41) is 0. The summed E-state index contributed by atoms with van der Waals surface area (Å²) in [5.41, 5.74) is 0. The van der Waals surface area contributed by atoms with Gasteiger partial charge in [0.2, 0.25) is 0 Å². The van der Waals surface area contributed by atoms with Gasteiger partial charge in [0.15, 0.2) is 6.10 Å². The van der Waals surface area contributed by atoms with E-state index < -0.39 is 17.9 Å². The number of esters is 1. The molecule has 3 nitrogen and oxygen atoms in total. The number of hydrogen-bond donors (Lipinski definition) is 0. The van der Waals surface area contributed by atoms with E-state index in [1.165, 1.54) is 19.2 Å². The average Bonchev–Trinajstić information content (AvgIpc) is 2.26. The van der Waals surface area contributed by atoms with Crippen LogP contribution in [-0.4, -0.2) is 19.2 Å². The molecule has 0 amide bonds. The van der Waals surface area contributed by atoms with Crippen LogP contribution in [0.4, 0.5) is 4.39 Å². The van der Waals surface area contributed by atoms with Crippen LogP contribution in [0.25, 0.3) is 0 Å². The lowest BCUT2D eigenvalue weighted by molar-refractivity contribution is -0.150. The van der Waals surface area contributed by atoms with Gasteiger partial charge in [0.25, 0.3) is 0 Å². The first-order valence-electron chi connectivity index (χ1n) is 5.25. The third kappa shape index (κ3) is 3.68. The van der Waals surface area contributed by atoms with Crippen LogP contribution in [0.3, 0.4) is 0 Å². The Hall–Kier alpha value is -0.620. The molecule has 0 aliphatic rings. The Balaban J connectivity index is 3.05. The Labute approximate surface area is 122 Å². The highest BCUT2D eigenvalue weighted by atomic mass is 79.9. The second kappa shape index (κ2) is 6.52. The number of ether oxygens (including phenoxy) is 2. The molecule has 0 saturated heterocycles. The zero-order valence-corrected chi connectivity index (χ0v) is 13.3. The molecule has 1 unspecified atom stereocenters. The van der Waals surface area contributed by atoms with Crippen LogP contribution in [0.1, 0.15) is 13.8 Å². The number of carbonyl (C=O) groups excluding carboxylic acids is 1. The van der Waals surface area contributed by atoms with E-state index in [0.29, 0.717) is 14.7 Å². The van der Waals surface area contributed by atoms with Crippen LogP contribution in [0.2, 0.25) is 0 Å². The van der Waals surface area contributed by atoms with E-state index in [1.54, 1.807) is 0 Å². The van der Waals surface area contributed by atoms with Crippen molar-refractivity contribution in [1.82, 2.24) is 0 Å². The van der Waals surface area contributed by atoms with Crippen molar-refractivity contribution in [2.75, 3.05) is 7.11 Å². The number of rotatable bonds is 4. The topological polar surface area (TPSA) is 35.5 Å². The molecule has 1 rings (SSSR count). The van der Waals surface area contributed by atoms with Crippen molar-refractivity contribution >= 4 is 37.8 Å². The van der Waals surface area contributed by atoms with Gasteiger partial charge in [0, 0.05) is 5.92 Å². The molecule has 0 bridgehead atoms. The normalized spacial score (nSPS) is 12.4. The molecule has 0 N–H and O–H groups in total. The zero-order chi connectivity index (χ0) is 13.9. The summed E-state index contributed by atoms with van der Waals surface area (Å²) in [5.74, 6) is -0.560. The van der Waals surface area contributed by atoms with Gasteiger partial charge in [-0.15, -0.1) is 0 Å². The maximum Gasteiger partial charge on any atom is 0.347 e. The number of benzene rings is 1. The number of carbonyl (C=O) groups is 1. The average molecular weight is 384 g/mol. The van der Waals surface area contributed by atoms with Crippen molar-refractivity contribution in [3.63, 3.8) is 0 Å². The van der Waals surface area contributed by atoms with Crippen molar-refractivity contribution in [1.29, 1.82) is 0 Å². The Kier molecular flexibility index (Phi) is 5.59. The van der Waals surface area contributed by atoms with Crippen molar-refractivity contribution in [3.8, 4) is 5.75 Å². The van der Waals surface area contributed by atoms with Crippen LogP contribution < -0.4 is 4.74 Å². The smallest absolute Gasteiger partial charge is 0.347 e. The minimum Gasteiger partial charge on any atom is -0.476 e. The van der Waals surface area contributed by atoms with Crippen molar-refractivity contribution < 1.29 is 18.7 Å². The lowest BCUT2D eigenvalue weighted by Gasteiger charge is -2.21. The van der Waals surface area contributed by atoms with E-state index in [1.807, 2.05) is 13.8 Å². The van der Waals surface area contributed by atoms with E-state index in [9.17, 15) is 9.18 Å². The van der Waals surface area contributed by atoms with E-state index in [4.69, 9.17) is 4.74 Å². The lowest BCUT2D eigenvalue weighted by atomic mass is 10.1. The molecule has 6 heteroatoms.